The highest BCUT2D eigenvalue weighted by Crippen LogP contribution is 2.16. The predicted octanol–water partition coefficient (Wildman–Crippen LogP) is 3.73. The smallest absolute Gasteiger partial charge is 0.191 e. The van der Waals surface area contributed by atoms with Crippen LogP contribution in [0.1, 0.15) is 37.0 Å². The van der Waals surface area contributed by atoms with Gasteiger partial charge in [0.25, 0.3) is 0 Å². The summed E-state index contributed by atoms with van der Waals surface area (Å²) in [5.74, 6) is 0.390. The van der Waals surface area contributed by atoms with E-state index in [9.17, 15) is 9.50 Å². The van der Waals surface area contributed by atoms with Crippen LogP contribution in [-0.4, -0.2) is 48.2 Å². The molecular formula is C23H30ClFN4O. The first kappa shape index (κ1) is 22.5. The second kappa shape index (κ2) is 11.3. The Morgan fingerprint density at radius 1 is 1.17 bits per heavy atom. The Hall–Kier alpha value is -2.15. The molecule has 7 heteroatoms. The number of rotatable bonds is 7. The zero-order chi connectivity index (χ0) is 21.3. The largest absolute Gasteiger partial charge is 0.386 e. The van der Waals surface area contributed by atoms with Crippen LogP contribution in [0.25, 0.3) is 0 Å². The molecule has 1 aliphatic heterocycles. The number of aliphatic imine (C=N–C) groups is 1. The van der Waals surface area contributed by atoms with Crippen LogP contribution in [0.3, 0.4) is 0 Å². The molecule has 0 saturated carbocycles. The SMILES string of the molecule is CCNC(=NCC(O)c1ccc(F)cc1)NC1CCN(Cc2ccc(Cl)cc2)CC1. The molecule has 0 bridgehead atoms. The van der Waals surface area contributed by atoms with Crippen LogP contribution in [0.2, 0.25) is 5.02 Å². The Morgan fingerprint density at radius 2 is 1.83 bits per heavy atom. The average Bonchev–Trinajstić information content (AvgIpc) is 2.75. The average molecular weight is 433 g/mol. The fourth-order valence-corrected chi connectivity index (χ4v) is 3.69. The maximum absolute atomic E-state index is 13.1. The van der Waals surface area contributed by atoms with Crippen molar-refractivity contribution in [3.63, 3.8) is 0 Å². The van der Waals surface area contributed by atoms with E-state index < -0.39 is 6.10 Å². The fourth-order valence-electron chi connectivity index (χ4n) is 3.56. The van der Waals surface area contributed by atoms with E-state index in [-0.39, 0.29) is 12.4 Å². The van der Waals surface area contributed by atoms with E-state index >= 15 is 0 Å². The number of nitrogens with zero attached hydrogens (tertiary/aromatic N) is 2. The molecule has 2 aromatic carbocycles. The second-order valence-corrected chi connectivity index (χ2v) is 8.04. The summed E-state index contributed by atoms with van der Waals surface area (Å²) in [7, 11) is 0. The Morgan fingerprint density at radius 3 is 2.47 bits per heavy atom. The van der Waals surface area contributed by atoms with Gasteiger partial charge < -0.3 is 15.7 Å². The lowest BCUT2D eigenvalue weighted by Crippen LogP contribution is -2.48. The van der Waals surface area contributed by atoms with E-state index in [1.54, 1.807) is 12.1 Å². The molecule has 3 rings (SSSR count). The van der Waals surface area contributed by atoms with E-state index in [4.69, 9.17) is 11.6 Å². The highest BCUT2D eigenvalue weighted by atomic mass is 35.5. The summed E-state index contributed by atoms with van der Waals surface area (Å²) in [6.45, 7) is 5.93. The molecule has 5 nitrogen and oxygen atoms in total. The first-order valence-corrected chi connectivity index (χ1v) is 10.9. The quantitative estimate of drug-likeness (QED) is 0.461. The molecule has 3 N–H and O–H groups in total. The Kier molecular flexibility index (Phi) is 8.49. The molecule has 0 aliphatic carbocycles. The molecule has 30 heavy (non-hydrogen) atoms. The van der Waals surface area contributed by atoms with Gasteiger partial charge in [-0.15, -0.1) is 0 Å². The molecule has 0 radical (unpaired) electrons. The molecule has 1 heterocycles. The molecule has 1 fully saturated rings. The third-order valence-corrected chi connectivity index (χ3v) is 5.52. The van der Waals surface area contributed by atoms with Crippen LogP contribution in [0.15, 0.2) is 53.5 Å². The number of hydrogen-bond acceptors (Lipinski definition) is 3. The van der Waals surface area contributed by atoms with Gasteiger partial charge >= 0.3 is 0 Å². The van der Waals surface area contributed by atoms with E-state index in [1.807, 2.05) is 19.1 Å². The third-order valence-electron chi connectivity index (χ3n) is 5.27. The lowest BCUT2D eigenvalue weighted by Gasteiger charge is -2.33. The van der Waals surface area contributed by atoms with Gasteiger partial charge in [0.1, 0.15) is 5.82 Å². The van der Waals surface area contributed by atoms with Crippen molar-refractivity contribution in [3.8, 4) is 0 Å². The van der Waals surface area contributed by atoms with Crippen LogP contribution in [-0.2, 0) is 6.54 Å². The minimum Gasteiger partial charge on any atom is -0.386 e. The van der Waals surface area contributed by atoms with E-state index in [0.717, 1.165) is 44.0 Å². The van der Waals surface area contributed by atoms with Crippen LogP contribution in [0, 0.1) is 5.82 Å². The topological polar surface area (TPSA) is 59.9 Å². The number of nitrogens with one attached hydrogen (secondary N) is 2. The highest BCUT2D eigenvalue weighted by molar-refractivity contribution is 6.30. The normalized spacial score (nSPS) is 17.0. The Labute approximate surface area is 183 Å². The van der Waals surface area contributed by atoms with Gasteiger partial charge in [0, 0.05) is 37.2 Å². The second-order valence-electron chi connectivity index (χ2n) is 7.61. The number of piperidine rings is 1. The molecule has 2 aromatic rings. The van der Waals surface area contributed by atoms with E-state index in [1.165, 1.54) is 17.7 Å². The molecule has 0 aromatic heterocycles. The summed E-state index contributed by atoms with van der Waals surface area (Å²) in [5, 5.41) is 17.8. The number of halogens is 2. The van der Waals surface area contributed by atoms with Gasteiger partial charge in [-0.3, -0.25) is 9.89 Å². The van der Waals surface area contributed by atoms with Crippen LogP contribution < -0.4 is 10.6 Å². The van der Waals surface area contributed by atoms with Gasteiger partial charge in [-0.2, -0.15) is 0 Å². The van der Waals surface area contributed by atoms with Crippen LogP contribution in [0.5, 0.6) is 0 Å². The molecule has 0 amide bonds. The number of benzene rings is 2. The minimum atomic E-state index is -0.762. The monoisotopic (exact) mass is 432 g/mol. The maximum atomic E-state index is 13.1. The molecule has 1 aliphatic rings. The molecule has 1 unspecified atom stereocenters. The summed E-state index contributed by atoms with van der Waals surface area (Å²) < 4.78 is 13.1. The first-order chi connectivity index (χ1) is 14.5. The lowest BCUT2D eigenvalue weighted by atomic mass is 10.0. The minimum absolute atomic E-state index is 0.219. The van der Waals surface area contributed by atoms with E-state index in [2.05, 4.69) is 32.7 Å². The maximum Gasteiger partial charge on any atom is 0.191 e. The standard InChI is InChI=1S/C23H30ClFN4O/c1-2-26-23(27-15-22(30)18-5-9-20(25)10-6-18)28-21-11-13-29(14-12-21)16-17-3-7-19(24)8-4-17/h3-10,21-22,30H,2,11-16H2,1H3,(H2,26,27,28). The van der Waals surface area contributed by atoms with Gasteiger partial charge in [0.2, 0.25) is 0 Å². The van der Waals surface area contributed by atoms with Crippen LogP contribution in [0.4, 0.5) is 4.39 Å². The molecule has 0 spiro atoms. The number of hydrogen-bond donors (Lipinski definition) is 3. The molecule has 1 atom stereocenters. The highest BCUT2D eigenvalue weighted by Gasteiger charge is 2.20. The van der Waals surface area contributed by atoms with Crippen molar-refractivity contribution in [2.45, 2.75) is 38.5 Å². The van der Waals surface area contributed by atoms with Gasteiger partial charge in [0.15, 0.2) is 5.96 Å². The zero-order valence-corrected chi connectivity index (χ0v) is 18.1. The van der Waals surface area contributed by atoms with Crippen molar-refractivity contribution >= 4 is 17.6 Å². The summed E-state index contributed by atoms with van der Waals surface area (Å²) in [5.41, 5.74) is 1.93. The first-order valence-electron chi connectivity index (χ1n) is 10.5. The third kappa shape index (κ3) is 6.97. The zero-order valence-electron chi connectivity index (χ0n) is 17.3. The van der Waals surface area contributed by atoms with Gasteiger partial charge in [0.05, 0.1) is 12.6 Å². The lowest BCUT2D eigenvalue weighted by molar-refractivity contribution is 0.186. The molecule has 1 saturated heterocycles. The Balaban J connectivity index is 1.48. The summed E-state index contributed by atoms with van der Waals surface area (Å²) in [4.78, 5) is 6.97. The van der Waals surface area contributed by atoms with Crippen molar-refractivity contribution < 1.29 is 9.50 Å². The summed E-state index contributed by atoms with van der Waals surface area (Å²) in [6, 6.07) is 14.2. The van der Waals surface area contributed by atoms with Gasteiger partial charge in [-0.1, -0.05) is 35.9 Å². The molecular weight excluding hydrogens is 403 g/mol. The van der Waals surface area contributed by atoms with E-state index in [0.29, 0.717) is 17.6 Å². The van der Waals surface area contributed by atoms with Crippen molar-refractivity contribution in [1.82, 2.24) is 15.5 Å². The van der Waals surface area contributed by atoms with Gasteiger partial charge in [-0.05, 0) is 55.2 Å². The van der Waals surface area contributed by atoms with Crippen molar-refractivity contribution in [2.24, 2.45) is 4.99 Å². The number of aliphatic hydroxyl groups is 1. The fraction of sp³-hybridized carbons (Fsp3) is 0.435. The molecule has 162 valence electrons. The predicted molar refractivity (Wildman–Crippen MR) is 120 cm³/mol. The van der Waals surface area contributed by atoms with Crippen LogP contribution >= 0.6 is 11.6 Å². The Bertz CT molecular complexity index is 805. The van der Waals surface area contributed by atoms with Crippen molar-refractivity contribution in [1.29, 1.82) is 0 Å². The number of likely N-dealkylation sites (tertiary alicyclic amines) is 1. The number of aliphatic hydroxyl groups excluding tert-OH is 1. The van der Waals surface area contributed by atoms with Crippen molar-refractivity contribution in [2.75, 3.05) is 26.2 Å². The summed E-state index contributed by atoms with van der Waals surface area (Å²) >= 11 is 5.96. The van der Waals surface area contributed by atoms with Crippen molar-refractivity contribution in [3.05, 3.63) is 70.5 Å². The van der Waals surface area contributed by atoms with Gasteiger partial charge in [-0.25, -0.2) is 4.39 Å². The summed E-state index contributed by atoms with van der Waals surface area (Å²) in [6.07, 6.45) is 1.29. The number of guanidine groups is 1.